The molecule has 1 amide bonds. The zero-order valence-corrected chi connectivity index (χ0v) is 10.5. The smallest absolute Gasteiger partial charge is 0.256 e. The van der Waals surface area contributed by atoms with Gasteiger partial charge < -0.3 is 20.7 Å². The van der Waals surface area contributed by atoms with Gasteiger partial charge in [0, 0.05) is 25.5 Å². The Kier molecular flexibility index (Phi) is 3.52. The Morgan fingerprint density at radius 3 is 2.89 bits per heavy atom. The van der Waals surface area contributed by atoms with Crippen molar-refractivity contribution in [1.82, 2.24) is 9.88 Å². The number of carbonyl (C=O) groups excluding carboxylic acids is 1. The minimum Gasteiger partial charge on any atom is -0.398 e. The number of hydrogen-bond donors (Lipinski definition) is 3. The van der Waals surface area contributed by atoms with Crippen LogP contribution in [0.2, 0.25) is 0 Å². The minimum absolute atomic E-state index is 0.0151. The second kappa shape index (κ2) is 5.11. The third-order valence-corrected chi connectivity index (χ3v) is 2.89. The summed E-state index contributed by atoms with van der Waals surface area (Å²) in [6.07, 6.45) is 1.47. The van der Waals surface area contributed by atoms with Crippen LogP contribution < -0.4 is 16.5 Å². The van der Waals surface area contributed by atoms with E-state index in [0.717, 1.165) is 0 Å². The summed E-state index contributed by atoms with van der Waals surface area (Å²) >= 11 is 0. The maximum atomic E-state index is 12.3. The Hall–Kier alpha value is -2.34. The molecule has 0 aliphatic rings. The molecular weight excluding hydrogens is 246 g/mol. The first-order valence-electron chi connectivity index (χ1n) is 5.83. The van der Waals surface area contributed by atoms with E-state index in [4.69, 9.17) is 10.8 Å². The van der Waals surface area contributed by atoms with Gasteiger partial charge in [-0.3, -0.25) is 9.59 Å². The molecule has 0 bridgehead atoms. The van der Waals surface area contributed by atoms with E-state index in [9.17, 15) is 9.59 Å². The number of carbonyl (C=O) groups is 1. The lowest BCUT2D eigenvalue weighted by Crippen LogP contribution is -2.31. The van der Waals surface area contributed by atoms with Gasteiger partial charge >= 0.3 is 0 Å². The summed E-state index contributed by atoms with van der Waals surface area (Å²) in [7, 11) is 1.74. The van der Waals surface area contributed by atoms with Crippen LogP contribution in [-0.2, 0) is 7.05 Å². The van der Waals surface area contributed by atoms with Gasteiger partial charge in [0.05, 0.1) is 17.5 Å². The number of amides is 1. The fraction of sp³-hybridized carbons (Fsp3) is 0.231. The van der Waals surface area contributed by atoms with E-state index in [1.54, 1.807) is 29.8 Å². The molecule has 6 nitrogen and oxygen atoms in total. The van der Waals surface area contributed by atoms with Crippen LogP contribution in [0.15, 0.2) is 29.2 Å². The van der Waals surface area contributed by atoms with Gasteiger partial charge in [-0.1, -0.05) is 6.07 Å². The van der Waals surface area contributed by atoms with Crippen LogP contribution in [0.4, 0.5) is 5.69 Å². The predicted molar refractivity (Wildman–Crippen MR) is 73.0 cm³/mol. The molecule has 0 fully saturated rings. The summed E-state index contributed by atoms with van der Waals surface area (Å²) in [4.78, 5) is 24.1. The van der Waals surface area contributed by atoms with Crippen molar-refractivity contribution in [2.45, 2.75) is 0 Å². The van der Waals surface area contributed by atoms with Crippen LogP contribution >= 0.6 is 0 Å². The highest BCUT2D eigenvalue weighted by Gasteiger charge is 2.15. The van der Waals surface area contributed by atoms with Crippen LogP contribution in [0.5, 0.6) is 0 Å². The molecule has 0 aliphatic heterocycles. The standard InChI is InChI=1S/C13H15N3O3/c1-16-7-8(13(19)15-5-6-17)12(18)11-9(14)3-2-4-10(11)16/h2-4,7,17H,5-6,14H2,1H3,(H,15,19). The highest BCUT2D eigenvalue weighted by molar-refractivity contribution is 6.00. The van der Waals surface area contributed by atoms with Gasteiger partial charge in [0.25, 0.3) is 5.91 Å². The SMILES string of the molecule is Cn1cc(C(=O)NCCO)c(=O)c2c(N)cccc21. The zero-order chi connectivity index (χ0) is 14.0. The first kappa shape index (κ1) is 13.1. The zero-order valence-electron chi connectivity index (χ0n) is 10.5. The topological polar surface area (TPSA) is 97.4 Å². The van der Waals surface area contributed by atoms with Crippen LogP contribution in [0.25, 0.3) is 10.9 Å². The van der Waals surface area contributed by atoms with Gasteiger partial charge in [-0.25, -0.2) is 0 Å². The summed E-state index contributed by atoms with van der Waals surface area (Å²) in [5, 5.41) is 11.5. The normalized spacial score (nSPS) is 10.6. The molecular formula is C13H15N3O3. The lowest BCUT2D eigenvalue weighted by Gasteiger charge is -2.10. The first-order valence-corrected chi connectivity index (χ1v) is 5.83. The molecule has 0 radical (unpaired) electrons. The third-order valence-electron chi connectivity index (χ3n) is 2.89. The summed E-state index contributed by atoms with van der Waals surface area (Å²) in [6.45, 7) is -0.0773. The second-order valence-corrected chi connectivity index (χ2v) is 4.20. The molecule has 0 saturated carbocycles. The number of nitrogens with zero attached hydrogens (tertiary/aromatic N) is 1. The lowest BCUT2D eigenvalue weighted by molar-refractivity contribution is 0.0943. The van der Waals surface area contributed by atoms with Crippen molar-refractivity contribution >= 4 is 22.5 Å². The van der Waals surface area contributed by atoms with Gasteiger partial charge in [0.15, 0.2) is 0 Å². The fourth-order valence-corrected chi connectivity index (χ4v) is 1.98. The third kappa shape index (κ3) is 2.30. The second-order valence-electron chi connectivity index (χ2n) is 4.20. The molecule has 100 valence electrons. The van der Waals surface area contributed by atoms with Crippen molar-refractivity contribution in [1.29, 1.82) is 0 Å². The molecule has 1 aromatic carbocycles. The van der Waals surface area contributed by atoms with Gasteiger partial charge in [-0.15, -0.1) is 0 Å². The molecule has 19 heavy (non-hydrogen) atoms. The quantitative estimate of drug-likeness (QED) is 0.669. The minimum atomic E-state index is -0.514. The number of nitrogen functional groups attached to an aromatic ring is 1. The van der Waals surface area contributed by atoms with Gasteiger partial charge in [-0.05, 0) is 12.1 Å². The Morgan fingerprint density at radius 1 is 1.47 bits per heavy atom. The number of hydrogen-bond acceptors (Lipinski definition) is 4. The van der Waals surface area contributed by atoms with Gasteiger partial charge in [0.1, 0.15) is 5.56 Å². The monoisotopic (exact) mass is 261 g/mol. The Labute approximate surface area is 109 Å². The highest BCUT2D eigenvalue weighted by atomic mass is 16.3. The number of pyridine rings is 1. The number of aliphatic hydroxyl groups excluding tert-OH is 1. The number of aliphatic hydroxyl groups is 1. The molecule has 1 heterocycles. The Morgan fingerprint density at radius 2 is 2.21 bits per heavy atom. The van der Waals surface area contributed by atoms with Crippen molar-refractivity contribution < 1.29 is 9.90 Å². The van der Waals surface area contributed by atoms with Crippen molar-refractivity contribution in [2.24, 2.45) is 7.05 Å². The first-order chi connectivity index (χ1) is 9.06. The summed E-state index contributed by atoms with van der Waals surface area (Å²) < 4.78 is 1.68. The summed E-state index contributed by atoms with van der Waals surface area (Å²) in [6, 6.07) is 5.14. The highest BCUT2D eigenvalue weighted by Crippen LogP contribution is 2.17. The molecule has 0 atom stereocenters. The average Bonchev–Trinajstić information content (AvgIpc) is 2.40. The molecule has 4 N–H and O–H groups in total. The Balaban J connectivity index is 2.65. The van der Waals surface area contributed by atoms with Crippen LogP contribution in [0, 0.1) is 0 Å². The number of nitrogens with one attached hydrogen (secondary N) is 1. The Bertz CT molecular complexity index is 691. The number of aryl methyl sites for hydroxylation is 1. The van der Waals surface area contributed by atoms with Crippen LogP contribution in [0.1, 0.15) is 10.4 Å². The van der Waals surface area contributed by atoms with E-state index in [1.807, 2.05) is 0 Å². The van der Waals surface area contributed by atoms with Crippen LogP contribution in [0.3, 0.4) is 0 Å². The average molecular weight is 261 g/mol. The van der Waals surface area contributed by atoms with Gasteiger partial charge in [-0.2, -0.15) is 0 Å². The molecule has 2 aromatic rings. The van der Waals surface area contributed by atoms with Crippen molar-refractivity contribution in [3.8, 4) is 0 Å². The van der Waals surface area contributed by atoms with Crippen LogP contribution in [-0.4, -0.2) is 28.7 Å². The van der Waals surface area contributed by atoms with E-state index in [2.05, 4.69) is 5.32 Å². The summed E-state index contributed by atoms with van der Waals surface area (Å²) in [5.74, 6) is -0.514. The molecule has 0 spiro atoms. The largest absolute Gasteiger partial charge is 0.398 e. The van der Waals surface area contributed by atoms with E-state index in [0.29, 0.717) is 16.6 Å². The van der Waals surface area contributed by atoms with E-state index in [-0.39, 0.29) is 18.7 Å². The number of rotatable bonds is 3. The molecule has 0 saturated heterocycles. The molecule has 6 heteroatoms. The molecule has 0 unspecified atom stereocenters. The van der Waals surface area contributed by atoms with Crippen molar-refractivity contribution in [3.63, 3.8) is 0 Å². The fourth-order valence-electron chi connectivity index (χ4n) is 1.98. The van der Waals surface area contributed by atoms with E-state index in [1.165, 1.54) is 6.20 Å². The van der Waals surface area contributed by atoms with E-state index < -0.39 is 11.3 Å². The van der Waals surface area contributed by atoms with Crippen molar-refractivity contribution in [2.75, 3.05) is 18.9 Å². The van der Waals surface area contributed by atoms with E-state index >= 15 is 0 Å². The summed E-state index contributed by atoms with van der Waals surface area (Å²) in [5.41, 5.74) is 6.44. The number of nitrogens with two attached hydrogens (primary N) is 1. The number of benzene rings is 1. The molecule has 1 aromatic heterocycles. The van der Waals surface area contributed by atoms with Crippen molar-refractivity contribution in [3.05, 3.63) is 40.2 Å². The maximum absolute atomic E-state index is 12.3. The maximum Gasteiger partial charge on any atom is 0.256 e. The number of anilines is 1. The number of aromatic nitrogens is 1. The van der Waals surface area contributed by atoms with Gasteiger partial charge in [0.2, 0.25) is 5.43 Å². The molecule has 2 rings (SSSR count). The predicted octanol–water partition coefficient (Wildman–Crippen LogP) is -0.157. The lowest BCUT2D eigenvalue weighted by atomic mass is 10.1. The number of fused-ring (bicyclic) bond motifs is 1. The molecule has 0 aliphatic carbocycles.